The van der Waals surface area contributed by atoms with Gasteiger partial charge >= 0.3 is 0 Å². The third kappa shape index (κ3) is 1.54. The maximum Gasteiger partial charge on any atom is 0.225 e. The van der Waals surface area contributed by atoms with Crippen LogP contribution in [0, 0.1) is 11.8 Å². The molecule has 0 radical (unpaired) electrons. The molecule has 66 valence electrons. The minimum Gasteiger partial charge on any atom is -0.387 e. The maximum atomic E-state index is 12.8. The first-order valence-corrected chi connectivity index (χ1v) is 4.01. The van der Waals surface area contributed by atoms with E-state index in [0.717, 1.165) is 0 Å². The molecule has 2 nitrogen and oxygen atoms in total. The van der Waals surface area contributed by atoms with Crippen molar-refractivity contribution >= 4 is 0 Å². The molecule has 3 heteroatoms. The van der Waals surface area contributed by atoms with Crippen molar-refractivity contribution in [3.05, 3.63) is 0 Å². The van der Waals surface area contributed by atoms with Crippen LogP contribution in [0.15, 0.2) is 0 Å². The lowest BCUT2D eigenvalue weighted by atomic mass is 9.85. The summed E-state index contributed by atoms with van der Waals surface area (Å²) in [4.78, 5) is 0. The van der Waals surface area contributed by atoms with Gasteiger partial charge in [0.2, 0.25) is 6.36 Å². The first-order chi connectivity index (χ1) is 5.04. The number of ether oxygens (including phenoxy) is 1. The first kappa shape index (κ1) is 8.94. The normalized spacial score (nSPS) is 52.6. The van der Waals surface area contributed by atoms with Crippen LogP contribution in [0.4, 0.5) is 4.39 Å². The number of alkyl halides is 1. The second-order valence-corrected chi connectivity index (χ2v) is 3.40. The molecule has 1 aliphatic heterocycles. The van der Waals surface area contributed by atoms with Gasteiger partial charge in [0.25, 0.3) is 0 Å². The second kappa shape index (κ2) is 3.07. The monoisotopic (exact) mass is 162 g/mol. The molecule has 0 aromatic carbocycles. The van der Waals surface area contributed by atoms with Gasteiger partial charge in [-0.3, -0.25) is 0 Å². The lowest BCUT2D eigenvalue weighted by Gasteiger charge is -2.37. The van der Waals surface area contributed by atoms with Crippen LogP contribution in [0.1, 0.15) is 20.8 Å². The Kier molecular flexibility index (Phi) is 2.50. The summed E-state index contributed by atoms with van der Waals surface area (Å²) in [5, 5.41) is 9.23. The van der Waals surface area contributed by atoms with Crippen LogP contribution < -0.4 is 0 Å². The highest BCUT2D eigenvalue weighted by Crippen LogP contribution is 2.30. The van der Waals surface area contributed by atoms with Crippen LogP contribution in [0.25, 0.3) is 0 Å². The van der Waals surface area contributed by atoms with E-state index in [1.807, 2.05) is 20.8 Å². The van der Waals surface area contributed by atoms with E-state index in [-0.39, 0.29) is 17.9 Å². The zero-order valence-corrected chi connectivity index (χ0v) is 7.12. The van der Waals surface area contributed by atoms with E-state index in [1.54, 1.807) is 0 Å². The number of aliphatic hydroxyl groups excluding tert-OH is 1. The van der Waals surface area contributed by atoms with Gasteiger partial charge in [0, 0.05) is 0 Å². The van der Waals surface area contributed by atoms with Crippen LogP contribution in [0.5, 0.6) is 0 Å². The predicted octanol–water partition coefficient (Wildman–Crippen LogP) is 1.33. The first-order valence-electron chi connectivity index (χ1n) is 4.01. The fourth-order valence-electron chi connectivity index (χ4n) is 1.39. The van der Waals surface area contributed by atoms with Crippen molar-refractivity contribution in [2.24, 2.45) is 11.8 Å². The summed E-state index contributed by atoms with van der Waals surface area (Å²) < 4.78 is 17.6. The van der Waals surface area contributed by atoms with E-state index in [9.17, 15) is 9.50 Å². The molecule has 5 atom stereocenters. The van der Waals surface area contributed by atoms with E-state index < -0.39 is 12.5 Å². The van der Waals surface area contributed by atoms with Gasteiger partial charge in [-0.25, -0.2) is 4.39 Å². The minimum absolute atomic E-state index is 0.0197. The lowest BCUT2D eigenvalue weighted by molar-refractivity contribution is -0.212. The molecule has 0 amide bonds. The van der Waals surface area contributed by atoms with Gasteiger partial charge in [-0.15, -0.1) is 0 Å². The van der Waals surface area contributed by atoms with Gasteiger partial charge in [0.05, 0.1) is 6.10 Å². The van der Waals surface area contributed by atoms with Crippen molar-refractivity contribution < 1.29 is 14.2 Å². The standard InChI is InChI=1S/C8H15FO2/c1-4-5(2)7(10)8(9)11-6(4)3/h4-8,10H,1-3H3/t4-,5+,6?,7?,8-/m1/s1. The Labute approximate surface area is 66.4 Å². The fraction of sp³-hybridized carbons (Fsp3) is 1.00. The van der Waals surface area contributed by atoms with Crippen LogP contribution in [-0.2, 0) is 4.74 Å². The van der Waals surface area contributed by atoms with Gasteiger partial charge in [-0.2, -0.15) is 0 Å². The molecule has 2 unspecified atom stereocenters. The number of halogens is 1. The average Bonchev–Trinajstić information content (AvgIpc) is 1.97. The molecular weight excluding hydrogens is 147 g/mol. The molecule has 1 saturated heterocycles. The maximum absolute atomic E-state index is 12.8. The minimum atomic E-state index is -1.50. The largest absolute Gasteiger partial charge is 0.387 e. The molecule has 11 heavy (non-hydrogen) atoms. The van der Waals surface area contributed by atoms with E-state index in [2.05, 4.69) is 0 Å². The Morgan fingerprint density at radius 1 is 1.18 bits per heavy atom. The van der Waals surface area contributed by atoms with E-state index >= 15 is 0 Å². The van der Waals surface area contributed by atoms with E-state index in [0.29, 0.717) is 0 Å². The second-order valence-electron chi connectivity index (χ2n) is 3.40. The van der Waals surface area contributed by atoms with Crippen molar-refractivity contribution in [2.45, 2.75) is 39.3 Å². The fourth-order valence-corrected chi connectivity index (χ4v) is 1.39. The Bertz CT molecular complexity index is 126. The van der Waals surface area contributed by atoms with Crippen LogP contribution >= 0.6 is 0 Å². The third-order valence-electron chi connectivity index (χ3n) is 2.72. The Morgan fingerprint density at radius 2 is 1.73 bits per heavy atom. The molecule has 0 bridgehead atoms. The number of aliphatic hydroxyl groups is 1. The Balaban J connectivity index is 2.63. The highest BCUT2D eigenvalue weighted by Gasteiger charge is 2.38. The van der Waals surface area contributed by atoms with Crippen LogP contribution in [0.2, 0.25) is 0 Å². The van der Waals surface area contributed by atoms with Crippen molar-refractivity contribution in [2.75, 3.05) is 0 Å². The predicted molar refractivity (Wildman–Crippen MR) is 39.8 cm³/mol. The molecule has 1 N–H and O–H groups in total. The van der Waals surface area contributed by atoms with Crippen LogP contribution in [0.3, 0.4) is 0 Å². The van der Waals surface area contributed by atoms with Gasteiger partial charge < -0.3 is 9.84 Å². The Hall–Kier alpha value is -0.150. The molecular formula is C8H15FO2. The third-order valence-corrected chi connectivity index (χ3v) is 2.72. The smallest absolute Gasteiger partial charge is 0.225 e. The van der Waals surface area contributed by atoms with Crippen molar-refractivity contribution in [1.82, 2.24) is 0 Å². The van der Waals surface area contributed by atoms with Gasteiger partial charge in [0.15, 0.2) is 0 Å². The molecule has 0 saturated carbocycles. The molecule has 0 spiro atoms. The van der Waals surface area contributed by atoms with Crippen molar-refractivity contribution in [1.29, 1.82) is 0 Å². The SMILES string of the molecule is CC1O[C@@H](F)C(O)[C@@H](C)[C@H]1C. The van der Waals surface area contributed by atoms with Gasteiger partial charge in [0.1, 0.15) is 6.10 Å². The van der Waals surface area contributed by atoms with Crippen LogP contribution in [-0.4, -0.2) is 23.7 Å². The average molecular weight is 162 g/mol. The highest BCUT2D eigenvalue weighted by atomic mass is 19.1. The van der Waals surface area contributed by atoms with Crippen molar-refractivity contribution in [3.8, 4) is 0 Å². The summed E-state index contributed by atoms with van der Waals surface area (Å²) in [7, 11) is 0. The number of rotatable bonds is 0. The van der Waals surface area contributed by atoms with Crippen molar-refractivity contribution in [3.63, 3.8) is 0 Å². The summed E-state index contributed by atoms with van der Waals surface area (Å²) in [5.74, 6) is 0.200. The zero-order chi connectivity index (χ0) is 8.59. The summed E-state index contributed by atoms with van der Waals surface area (Å²) in [5.41, 5.74) is 0. The topological polar surface area (TPSA) is 29.5 Å². The van der Waals surface area contributed by atoms with Gasteiger partial charge in [-0.1, -0.05) is 13.8 Å². The highest BCUT2D eigenvalue weighted by molar-refractivity contribution is 4.81. The molecule has 0 aromatic heterocycles. The molecule has 0 aromatic rings. The molecule has 0 aliphatic carbocycles. The van der Waals surface area contributed by atoms with E-state index in [4.69, 9.17) is 4.74 Å². The van der Waals surface area contributed by atoms with E-state index in [1.165, 1.54) is 0 Å². The number of hydrogen-bond donors (Lipinski definition) is 1. The quantitative estimate of drug-likeness (QED) is 0.582. The zero-order valence-electron chi connectivity index (χ0n) is 7.12. The molecule has 1 fully saturated rings. The molecule has 1 heterocycles. The summed E-state index contributed by atoms with van der Waals surface area (Å²) in [6.07, 6.45) is -2.55. The molecule has 1 rings (SSSR count). The lowest BCUT2D eigenvalue weighted by Crippen LogP contribution is -2.46. The molecule has 1 aliphatic rings. The number of hydrogen-bond acceptors (Lipinski definition) is 2. The van der Waals surface area contributed by atoms with Gasteiger partial charge in [-0.05, 0) is 18.8 Å². The summed E-state index contributed by atoms with van der Waals surface area (Å²) >= 11 is 0. The summed E-state index contributed by atoms with van der Waals surface area (Å²) in [6, 6.07) is 0. The Morgan fingerprint density at radius 3 is 2.27 bits per heavy atom. The summed E-state index contributed by atoms with van der Waals surface area (Å²) in [6.45, 7) is 5.64.